The molecule has 0 unspecified atom stereocenters. The number of fused-ring (bicyclic) bond motifs is 1. The van der Waals surface area contributed by atoms with E-state index in [-0.39, 0.29) is 22.9 Å². The first-order valence-electron chi connectivity index (χ1n) is 10.7. The lowest BCUT2D eigenvalue weighted by atomic mass is 9.95. The van der Waals surface area contributed by atoms with E-state index >= 15 is 0 Å². The SMILES string of the molecule is O=C(O)c1cn(C2CCCCC2)c2nc(NCCCN3CCCC3=O)ncc2c1=O. The zero-order valence-corrected chi connectivity index (χ0v) is 17.0. The Morgan fingerprint density at radius 1 is 1.20 bits per heavy atom. The normalized spacial score (nSPS) is 17.6. The van der Waals surface area contributed by atoms with Crippen molar-refractivity contribution in [2.75, 3.05) is 25.0 Å². The van der Waals surface area contributed by atoms with Gasteiger partial charge in [-0.25, -0.2) is 9.78 Å². The van der Waals surface area contributed by atoms with E-state index in [9.17, 15) is 19.5 Å². The summed E-state index contributed by atoms with van der Waals surface area (Å²) in [6.07, 6.45) is 10.4. The highest BCUT2D eigenvalue weighted by Crippen LogP contribution is 2.30. The first-order chi connectivity index (χ1) is 14.5. The molecule has 4 rings (SSSR count). The molecule has 3 heterocycles. The lowest BCUT2D eigenvalue weighted by Gasteiger charge is -2.26. The number of nitrogens with zero attached hydrogens (tertiary/aromatic N) is 4. The Balaban J connectivity index is 1.57. The van der Waals surface area contributed by atoms with Gasteiger partial charge in [0.1, 0.15) is 11.2 Å². The lowest BCUT2D eigenvalue weighted by Crippen LogP contribution is -2.27. The van der Waals surface area contributed by atoms with Crippen LogP contribution in [0.15, 0.2) is 17.2 Å². The predicted molar refractivity (Wildman–Crippen MR) is 112 cm³/mol. The van der Waals surface area contributed by atoms with Crippen molar-refractivity contribution >= 4 is 28.9 Å². The molecule has 9 heteroatoms. The number of carbonyl (C=O) groups excluding carboxylic acids is 1. The predicted octanol–water partition coefficient (Wildman–Crippen LogP) is 2.42. The zero-order valence-electron chi connectivity index (χ0n) is 17.0. The molecule has 2 aliphatic rings. The van der Waals surface area contributed by atoms with Gasteiger partial charge in [-0.3, -0.25) is 9.59 Å². The third-order valence-electron chi connectivity index (χ3n) is 6.03. The number of aromatic carboxylic acids is 1. The van der Waals surface area contributed by atoms with Gasteiger partial charge in [-0.1, -0.05) is 19.3 Å². The first-order valence-corrected chi connectivity index (χ1v) is 10.7. The van der Waals surface area contributed by atoms with E-state index in [1.165, 1.54) is 18.8 Å². The number of likely N-dealkylation sites (tertiary alicyclic amines) is 1. The minimum Gasteiger partial charge on any atom is -0.477 e. The minimum atomic E-state index is -1.23. The van der Waals surface area contributed by atoms with E-state index in [0.717, 1.165) is 45.1 Å². The number of anilines is 1. The summed E-state index contributed by atoms with van der Waals surface area (Å²) in [5, 5.41) is 12.9. The van der Waals surface area contributed by atoms with Crippen molar-refractivity contribution in [3.8, 4) is 0 Å². The Hall–Kier alpha value is -2.97. The Labute approximate surface area is 174 Å². The van der Waals surface area contributed by atoms with Crippen molar-refractivity contribution in [1.29, 1.82) is 0 Å². The van der Waals surface area contributed by atoms with Crippen LogP contribution in [0.25, 0.3) is 11.0 Å². The highest BCUT2D eigenvalue weighted by atomic mass is 16.4. The smallest absolute Gasteiger partial charge is 0.341 e. The fourth-order valence-electron chi connectivity index (χ4n) is 4.42. The van der Waals surface area contributed by atoms with Gasteiger partial charge in [0.05, 0.1) is 5.39 Å². The molecular weight excluding hydrogens is 386 g/mol. The summed E-state index contributed by atoms with van der Waals surface area (Å²) in [7, 11) is 0. The summed E-state index contributed by atoms with van der Waals surface area (Å²) in [4.78, 5) is 46.6. The molecule has 0 aromatic carbocycles. The molecule has 1 aliphatic heterocycles. The maximum absolute atomic E-state index is 12.6. The molecule has 2 aromatic heterocycles. The van der Waals surface area contributed by atoms with Gasteiger partial charge in [-0.15, -0.1) is 0 Å². The summed E-state index contributed by atoms with van der Waals surface area (Å²) < 4.78 is 1.86. The number of carbonyl (C=O) groups is 2. The second-order valence-electron chi connectivity index (χ2n) is 8.07. The van der Waals surface area contributed by atoms with Crippen LogP contribution in [0.1, 0.15) is 67.8 Å². The Kier molecular flexibility index (Phi) is 5.96. The fraction of sp³-hybridized carbons (Fsp3) is 0.571. The molecule has 160 valence electrons. The molecule has 1 amide bonds. The van der Waals surface area contributed by atoms with Gasteiger partial charge in [-0.05, 0) is 25.7 Å². The number of aromatic nitrogens is 3. The molecule has 9 nitrogen and oxygen atoms in total. The molecule has 2 aromatic rings. The summed E-state index contributed by atoms with van der Waals surface area (Å²) in [5.74, 6) is -0.616. The molecule has 0 atom stereocenters. The molecule has 1 aliphatic carbocycles. The van der Waals surface area contributed by atoms with Crippen molar-refractivity contribution in [3.63, 3.8) is 0 Å². The van der Waals surface area contributed by atoms with E-state index in [1.54, 1.807) is 0 Å². The van der Waals surface area contributed by atoms with E-state index in [2.05, 4.69) is 15.3 Å². The number of rotatable bonds is 7. The topological polar surface area (TPSA) is 117 Å². The Morgan fingerprint density at radius 2 is 2.00 bits per heavy atom. The molecule has 0 radical (unpaired) electrons. The number of carboxylic acids is 1. The number of nitrogens with one attached hydrogen (secondary N) is 1. The van der Waals surface area contributed by atoms with E-state index in [4.69, 9.17) is 0 Å². The van der Waals surface area contributed by atoms with Crippen molar-refractivity contribution in [2.45, 2.75) is 57.4 Å². The Morgan fingerprint density at radius 3 is 2.70 bits per heavy atom. The van der Waals surface area contributed by atoms with Gasteiger partial charge >= 0.3 is 5.97 Å². The van der Waals surface area contributed by atoms with Crippen LogP contribution in [-0.4, -0.2) is 56.1 Å². The van der Waals surface area contributed by atoms with E-state index in [0.29, 0.717) is 31.1 Å². The third kappa shape index (κ3) is 4.15. The van der Waals surface area contributed by atoms with Gasteiger partial charge in [-0.2, -0.15) is 4.98 Å². The van der Waals surface area contributed by atoms with Crippen molar-refractivity contribution in [3.05, 3.63) is 28.2 Å². The molecule has 1 saturated carbocycles. The van der Waals surface area contributed by atoms with E-state index < -0.39 is 11.4 Å². The van der Waals surface area contributed by atoms with Gasteiger partial charge < -0.3 is 19.9 Å². The number of amides is 1. The van der Waals surface area contributed by atoms with Crippen LogP contribution in [0.2, 0.25) is 0 Å². The molecule has 2 fully saturated rings. The highest BCUT2D eigenvalue weighted by Gasteiger charge is 2.22. The van der Waals surface area contributed by atoms with Crippen LogP contribution in [0, 0.1) is 0 Å². The van der Waals surface area contributed by atoms with Gasteiger partial charge in [0.2, 0.25) is 17.3 Å². The average molecular weight is 413 g/mol. The van der Waals surface area contributed by atoms with Crippen LogP contribution in [0.3, 0.4) is 0 Å². The van der Waals surface area contributed by atoms with Crippen LogP contribution in [0.4, 0.5) is 5.95 Å². The molecule has 1 saturated heterocycles. The summed E-state index contributed by atoms with van der Waals surface area (Å²) in [6.45, 7) is 2.13. The lowest BCUT2D eigenvalue weighted by molar-refractivity contribution is -0.127. The van der Waals surface area contributed by atoms with Gasteiger partial charge in [0.15, 0.2) is 0 Å². The number of carboxylic acid groups (broad SMARTS) is 1. The average Bonchev–Trinajstić information content (AvgIpc) is 3.16. The fourth-order valence-corrected chi connectivity index (χ4v) is 4.42. The maximum Gasteiger partial charge on any atom is 0.341 e. The van der Waals surface area contributed by atoms with Crippen molar-refractivity contribution < 1.29 is 14.7 Å². The summed E-state index contributed by atoms with van der Waals surface area (Å²) in [5.41, 5.74) is -0.319. The van der Waals surface area contributed by atoms with Crippen LogP contribution in [-0.2, 0) is 4.79 Å². The highest BCUT2D eigenvalue weighted by molar-refractivity contribution is 5.91. The standard InChI is InChI=1S/C21H27N5O4/c27-17-8-4-10-25(17)11-5-9-22-21-23-12-15-18(28)16(20(29)30)13-26(19(15)24-21)14-6-2-1-3-7-14/h12-14H,1-11H2,(H,29,30)(H,22,23,24). The molecular formula is C21H27N5O4. The van der Waals surface area contributed by atoms with E-state index in [1.807, 2.05) is 9.47 Å². The van der Waals surface area contributed by atoms with Crippen LogP contribution in [0.5, 0.6) is 0 Å². The number of hydrogen-bond acceptors (Lipinski definition) is 6. The van der Waals surface area contributed by atoms with Crippen molar-refractivity contribution in [2.24, 2.45) is 0 Å². The summed E-state index contributed by atoms with van der Waals surface area (Å²) >= 11 is 0. The van der Waals surface area contributed by atoms with Gasteiger partial charge in [0, 0.05) is 44.5 Å². The van der Waals surface area contributed by atoms with Crippen LogP contribution >= 0.6 is 0 Å². The maximum atomic E-state index is 12.6. The Bertz CT molecular complexity index is 1010. The minimum absolute atomic E-state index is 0.129. The second-order valence-corrected chi connectivity index (χ2v) is 8.07. The molecule has 2 N–H and O–H groups in total. The summed E-state index contributed by atoms with van der Waals surface area (Å²) in [6, 6.07) is 0.129. The first kappa shape index (κ1) is 20.3. The quantitative estimate of drug-likeness (QED) is 0.669. The second kappa shape index (κ2) is 8.81. The molecule has 0 bridgehead atoms. The van der Waals surface area contributed by atoms with Gasteiger partial charge in [0.25, 0.3) is 0 Å². The number of pyridine rings is 1. The molecule has 30 heavy (non-hydrogen) atoms. The monoisotopic (exact) mass is 413 g/mol. The molecule has 0 spiro atoms. The largest absolute Gasteiger partial charge is 0.477 e. The number of hydrogen-bond donors (Lipinski definition) is 2. The van der Waals surface area contributed by atoms with Crippen LogP contribution < -0.4 is 10.7 Å². The van der Waals surface area contributed by atoms with Crippen molar-refractivity contribution in [1.82, 2.24) is 19.4 Å². The zero-order chi connectivity index (χ0) is 21.1. The third-order valence-corrected chi connectivity index (χ3v) is 6.03.